The van der Waals surface area contributed by atoms with Crippen LogP contribution in [0.15, 0.2) is 0 Å². The predicted molar refractivity (Wildman–Crippen MR) is 142 cm³/mol. The molecule has 0 atom stereocenters. The minimum absolute atomic E-state index is 0.207. The highest BCUT2D eigenvalue weighted by Crippen LogP contribution is 2.68. The van der Waals surface area contributed by atoms with Crippen LogP contribution in [0.4, 0.5) is 0 Å². The van der Waals surface area contributed by atoms with Crippen LogP contribution in [0.5, 0.6) is 0 Å². The molecule has 0 N–H and O–H groups in total. The fourth-order valence-electron chi connectivity index (χ4n) is 4.43. The van der Waals surface area contributed by atoms with Crippen molar-refractivity contribution in [3.63, 3.8) is 0 Å². The average Bonchev–Trinajstić information content (AvgIpc) is 2.70. The van der Waals surface area contributed by atoms with Gasteiger partial charge in [-0.25, -0.2) is 0 Å². The second-order valence-electron chi connectivity index (χ2n) is 9.12. The Morgan fingerprint density at radius 2 is 0.750 bits per heavy atom. The summed E-state index contributed by atoms with van der Waals surface area (Å²) in [4.78, 5) is 0.712. The lowest BCUT2D eigenvalue weighted by Gasteiger charge is -2.46. The highest BCUT2D eigenvalue weighted by atomic mass is 31.2. The van der Waals surface area contributed by atoms with Crippen LogP contribution in [-0.2, 0) is 0 Å². The zero-order valence-corrected chi connectivity index (χ0v) is 22.6. The van der Waals surface area contributed by atoms with Crippen LogP contribution in [-0.4, -0.2) is 37.3 Å². The largest absolute Gasteiger partial charge is 0.120 e. The zero-order chi connectivity index (χ0) is 21.1. The van der Waals surface area contributed by atoms with Crippen molar-refractivity contribution in [3.8, 4) is 0 Å². The van der Waals surface area contributed by atoms with Crippen molar-refractivity contribution in [1.82, 2.24) is 0 Å². The Kier molecular flexibility index (Phi) is 20.5. The molecule has 0 bridgehead atoms. The monoisotopic (exact) mass is 428 g/mol. The standard InChI is InChI=1S/C25H55BP2/c1-6-11-16-21-27(22-17-12-7-2)25(26,20-15-10-5)28(23-18-13-8-3)24-19-14-9-4/h6-24,26H2,1-5H3. The minimum Gasteiger partial charge on any atom is -0.104 e. The first-order chi connectivity index (χ1) is 13.6. The van der Waals surface area contributed by atoms with E-state index in [0.717, 1.165) is 0 Å². The van der Waals surface area contributed by atoms with E-state index in [1.54, 1.807) is 24.6 Å². The molecule has 0 heterocycles. The highest BCUT2D eigenvalue weighted by Gasteiger charge is 2.38. The van der Waals surface area contributed by atoms with Gasteiger partial charge in [0.2, 0.25) is 0 Å². The first-order valence-corrected chi connectivity index (χ1v) is 16.5. The van der Waals surface area contributed by atoms with Gasteiger partial charge in [0.15, 0.2) is 0 Å². The highest BCUT2D eigenvalue weighted by molar-refractivity contribution is 7.79. The van der Waals surface area contributed by atoms with Crippen molar-refractivity contribution in [3.05, 3.63) is 0 Å². The molecule has 0 saturated carbocycles. The second kappa shape index (κ2) is 19.9. The van der Waals surface area contributed by atoms with Gasteiger partial charge in [-0.2, -0.15) is 0 Å². The first kappa shape index (κ1) is 28.9. The fraction of sp³-hybridized carbons (Fsp3) is 1.00. The molecular formula is C25H55BP2. The van der Waals surface area contributed by atoms with Crippen LogP contribution in [0.2, 0.25) is 0 Å². The van der Waals surface area contributed by atoms with Crippen molar-refractivity contribution < 1.29 is 0 Å². The van der Waals surface area contributed by atoms with E-state index in [1.165, 1.54) is 96.3 Å². The molecule has 0 radical (unpaired) electrons. The zero-order valence-electron chi connectivity index (χ0n) is 20.8. The van der Waals surface area contributed by atoms with Crippen molar-refractivity contribution >= 4 is 23.7 Å². The van der Waals surface area contributed by atoms with Crippen LogP contribution in [0, 0.1) is 0 Å². The summed E-state index contributed by atoms with van der Waals surface area (Å²) in [6.07, 6.45) is 28.1. The van der Waals surface area contributed by atoms with Gasteiger partial charge >= 0.3 is 0 Å². The molecule has 0 unspecified atom stereocenters. The smallest absolute Gasteiger partial charge is 0.104 e. The molecule has 0 fully saturated rings. The number of hydrogen-bond donors (Lipinski definition) is 0. The summed E-state index contributed by atoms with van der Waals surface area (Å²) in [5.74, 6) is 0. The van der Waals surface area contributed by atoms with Gasteiger partial charge in [-0.3, -0.25) is 0 Å². The van der Waals surface area contributed by atoms with Crippen LogP contribution < -0.4 is 0 Å². The molecule has 28 heavy (non-hydrogen) atoms. The SMILES string of the molecule is BC(CCCC)(P(CCCCC)CCCCC)P(CCCCC)CCCCC. The summed E-state index contributed by atoms with van der Waals surface area (Å²) in [5, 5.41) is 0. The molecule has 0 aliphatic rings. The molecule has 0 nitrogen and oxygen atoms in total. The van der Waals surface area contributed by atoms with Crippen molar-refractivity contribution in [2.75, 3.05) is 24.6 Å². The molecule has 0 aromatic carbocycles. The van der Waals surface area contributed by atoms with Crippen molar-refractivity contribution in [1.29, 1.82) is 0 Å². The normalized spacial score (nSPS) is 12.4. The van der Waals surface area contributed by atoms with E-state index < -0.39 is 0 Å². The molecule has 3 heteroatoms. The van der Waals surface area contributed by atoms with E-state index in [2.05, 4.69) is 42.5 Å². The van der Waals surface area contributed by atoms with Crippen LogP contribution in [0.3, 0.4) is 0 Å². The van der Waals surface area contributed by atoms with Gasteiger partial charge in [0, 0.05) is 0 Å². The Morgan fingerprint density at radius 3 is 1.00 bits per heavy atom. The van der Waals surface area contributed by atoms with E-state index in [0.29, 0.717) is 4.80 Å². The Bertz CT molecular complexity index is 278. The third-order valence-corrected chi connectivity index (χ3v) is 14.8. The molecule has 0 aliphatic carbocycles. The summed E-state index contributed by atoms with van der Waals surface area (Å²) in [7, 11) is 3.22. The third kappa shape index (κ3) is 12.6. The minimum atomic E-state index is 0.207. The molecule has 0 aromatic heterocycles. The molecule has 0 aliphatic heterocycles. The van der Waals surface area contributed by atoms with Crippen molar-refractivity contribution in [2.45, 2.75) is 136 Å². The van der Waals surface area contributed by atoms with Gasteiger partial charge in [0.25, 0.3) is 0 Å². The van der Waals surface area contributed by atoms with Crippen LogP contribution in [0.1, 0.15) is 131 Å². The Balaban J connectivity index is 5.42. The third-order valence-electron chi connectivity index (χ3n) is 6.49. The molecule has 0 amide bonds. The predicted octanol–water partition coefficient (Wildman–Crippen LogP) is 9.19. The first-order valence-electron chi connectivity index (χ1n) is 13.1. The molecule has 168 valence electrons. The van der Waals surface area contributed by atoms with Gasteiger partial charge < -0.3 is 0 Å². The van der Waals surface area contributed by atoms with Crippen LogP contribution >= 0.6 is 15.8 Å². The number of rotatable bonds is 21. The Morgan fingerprint density at radius 1 is 0.464 bits per heavy atom. The maximum absolute atomic E-state index is 2.80. The summed E-state index contributed by atoms with van der Waals surface area (Å²) in [6.45, 7) is 11.9. The number of unbranched alkanes of at least 4 members (excludes halogenated alkanes) is 9. The van der Waals surface area contributed by atoms with Gasteiger partial charge in [-0.15, -0.1) is 15.8 Å². The molecule has 0 rings (SSSR count). The summed E-state index contributed by atoms with van der Waals surface area (Å²) in [6, 6.07) is 0. The van der Waals surface area contributed by atoms with Gasteiger partial charge in [0.1, 0.15) is 7.85 Å². The lowest BCUT2D eigenvalue weighted by atomic mass is 9.97. The molecule has 0 spiro atoms. The summed E-state index contributed by atoms with van der Waals surface area (Å²) < 4.78 is 0. The Labute approximate surface area is 184 Å². The van der Waals surface area contributed by atoms with E-state index >= 15 is 0 Å². The van der Waals surface area contributed by atoms with E-state index in [-0.39, 0.29) is 15.8 Å². The number of hydrogen-bond acceptors (Lipinski definition) is 0. The van der Waals surface area contributed by atoms with E-state index in [4.69, 9.17) is 0 Å². The summed E-state index contributed by atoms with van der Waals surface area (Å²) in [5.41, 5.74) is 0. The lowest BCUT2D eigenvalue weighted by Crippen LogP contribution is -2.30. The van der Waals surface area contributed by atoms with E-state index in [1.807, 2.05) is 0 Å². The van der Waals surface area contributed by atoms with Gasteiger partial charge in [-0.1, -0.05) is 98.8 Å². The van der Waals surface area contributed by atoms with Crippen molar-refractivity contribution in [2.24, 2.45) is 0 Å². The molecular weight excluding hydrogens is 373 g/mol. The Hall–Kier alpha value is 0.925. The van der Waals surface area contributed by atoms with Gasteiger partial charge in [0.05, 0.1) is 0 Å². The average molecular weight is 428 g/mol. The summed E-state index contributed by atoms with van der Waals surface area (Å²) >= 11 is 0. The quantitative estimate of drug-likeness (QED) is 0.0971. The lowest BCUT2D eigenvalue weighted by molar-refractivity contribution is 0.708. The van der Waals surface area contributed by atoms with Gasteiger partial charge in [-0.05, 0) is 61.5 Å². The maximum Gasteiger partial charge on any atom is 0.120 e. The van der Waals surface area contributed by atoms with E-state index in [9.17, 15) is 0 Å². The molecule has 0 aromatic rings. The molecule has 0 saturated heterocycles. The fourth-order valence-corrected chi connectivity index (χ4v) is 13.0. The van der Waals surface area contributed by atoms with Crippen LogP contribution in [0.25, 0.3) is 0 Å². The second-order valence-corrected chi connectivity index (χ2v) is 15.4. The maximum atomic E-state index is 2.80. The topological polar surface area (TPSA) is 0 Å².